The first kappa shape index (κ1) is 23.3. The van der Waals surface area contributed by atoms with Gasteiger partial charge in [0, 0.05) is 17.3 Å². The van der Waals surface area contributed by atoms with Crippen molar-refractivity contribution in [2.45, 2.75) is 33.4 Å². The van der Waals surface area contributed by atoms with Crippen LogP contribution >= 0.6 is 11.6 Å². The number of aryl methyl sites for hydroxylation is 1. The SMILES string of the molecule is Cc1cccc2cc(CNc3ncnc(N)c3C(=N)c3ccc(Cl)c(O)c3)n(C(C)C)c(=O)c12. The number of pyridine rings is 1. The van der Waals surface area contributed by atoms with E-state index in [9.17, 15) is 9.90 Å². The van der Waals surface area contributed by atoms with Crippen LogP contribution in [0.1, 0.15) is 42.3 Å². The topological polar surface area (TPSA) is 130 Å². The second-order valence-electron chi connectivity index (χ2n) is 8.32. The molecule has 2 heterocycles. The van der Waals surface area contributed by atoms with Crippen LogP contribution in [0.5, 0.6) is 5.75 Å². The fourth-order valence-corrected chi connectivity index (χ4v) is 4.19. The van der Waals surface area contributed by atoms with E-state index in [1.165, 1.54) is 18.5 Å². The fraction of sp³-hybridized carbons (Fsp3) is 0.200. The molecule has 0 radical (unpaired) electrons. The number of anilines is 2. The molecule has 4 aromatic rings. The summed E-state index contributed by atoms with van der Waals surface area (Å²) in [7, 11) is 0. The maximum Gasteiger partial charge on any atom is 0.259 e. The summed E-state index contributed by atoms with van der Waals surface area (Å²) in [6.45, 7) is 6.14. The number of benzene rings is 2. The Hall–Kier alpha value is -3.91. The molecule has 0 saturated carbocycles. The van der Waals surface area contributed by atoms with Crippen LogP contribution in [0.15, 0.2) is 53.6 Å². The molecular formula is C25H25ClN6O2. The van der Waals surface area contributed by atoms with Crippen LogP contribution in [0.4, 0.5) is 11.6 Å². The predicted molar refractivity (Wildman–Crippen MR) is 136 cm³/mol. The number of phenols is 1. The third-order valence-corrected chi connectivity index (χ3v) is 6.00. The predicted octanol–water partition coefficient (Wildman–Crippen LogP) is 4.65. The standard InChI is InChI=1S/C25H25ClN6O2/c1-13(2)32-17(9-15-6-4-5-14(3)20(15)25(32)34)11-29-24-21(23(28)30-12-31-24)22(27)16-7-8-18(26)19(33)10-16/h4-10,12-13,27,33H,11H2,1-3H3,(H3,28,29,30,31). The van der Waals surface area contributed by atoms with E-state index in [0.717, 1.165) is 16.6 Å². The van der Waals surface area contributed by atoms with E-state index in [4.69, 9.17) is 22.7 Å². The summed E-state index contributed by atoms with van der Waals surface area (Å²) in [5.41, 5.74) is 8.50. The molecule has 0 atom stereocenters. The lowest BCUT2D eigenvalue weighted by Gasteiger charge is -2.20. The highest BCUT2D eigenvalue weighted by atomic mass is 35.5. The third-order valence-electron chi connectivity index (χ3n) is 5.68. The van der Waals surface area contributed by atoms with E-state index in [1.807, 2.05) is 45.0 Å². The smallest absolute Gasteiger partial charge is 0.259 e. The van der Waals surface area contributed by atoms with Gasteiger partial charge in [0.15, 0.2) is 0 Å². The normalized spacial score (nSPS) is 11.2. The van der Waals surface area contributed by atoms with Crippen molar-refractivity contribution < 1.29 is 5.11 Å². The van der Waals surface area contributed by atoms with Gasteiger partial charge in [-0.2, -0.15) is 0 Å². The molecule has 0 fully saturated rings. The molecule has 9 heteroatoms. The number of hydrogen-bond donors (Lipinski definition) is 4. The summed E-state index contributed by atoms with van der Waals surface area (Å²) in [4.78, 5) is 21.6. The number of nitrogens with zero attached hydrogens (tertiary/aromatic N) is 3. The minimum atomic E-state index is -0.138. The van der Waals surface area contributed by atoms with Gasteiger partial charge in [0.1, 0.15) is 23.7 Å². The Morgan fingerprint density at radius 1 is 1.24 bits per heavy atom. The van der Waals surface area contributed by atoms with Gasteiger partial charge >= 0.3 is 0 Å². The molecule has 0 aliphatic heterocycles. The van der Waals surface area contributed by atoms with Gasteiger partial charge in [0.2, 0.25) is 0 Å². The minimum Gasteiger partial charge on any atom is -0.506 e. The Labute approximate surface area is 201 Å². The quantitative estimate of drug-likeness (QED) is 0.300. The van der Waals surface area contributed by atoms with Crippen LogP contribution in [0.2, 0.25) is 5.02 Å². The number of hydrogen-bond acceptors (Lipinski definition) is 7. The number of halogens is 1. The molecule has 5 N–H and O–H groups in total. The Morgan fingerprint density at radius 3 is 2.71 bits per heavy atom. The van der Waals surface area contributed by atoms with Gasteiger partial charge in [-0.15, -0.1) is 0 Å². The lowest BCUT2D eigenvalue weighted by Crippen LogP contribution is -2.27. The van der Waals surface area contributed by atoms with Gasteiger partial charge in [-0.05, 0) is 49.9 Å². The fourth-order valence-electron chi connectivity index (χ4n) is 4.07. The summed E-state index contributed by atoms with van der Waals surface area (Å²) in [6, 6.07) is 12.2. The summed E-state index contributed by atoms with van der Waals surface area (Å²) < 4.78 is 1.76. The first-order chi connectivity index (χ1) is 16.2. The molecule has 2 aromatic heterocycles. The minimum absolute atomic E-state index is 0.0305. The maximum atomic E-state index is 13.3. The second kappa shape index (κ2) is 9.15. The summed E-state index contributed by atoms with van der Waals surface area (Å²) in [6.07, 6.45) is 1.31. The summed E-state index contributed by atoms with van der Waals surface area (Å²) in [5.74, 6) is 0.326. The molecule has 0 aliphatic carbocycles. The van der Waals surface area contributed by atoms with Crippen LogP contribution in [-0.2, 0) is 6.54 Å². The van der Waals surface area contributed by atoms with Crippen LogP contribution in [0.25, 0.3) is 10.8 Å². The number of nitrogens with one attached hydrogen (secondary N) is 2. The average Bonchev–Trinajstić information content (AvgIpc) is 2.78. The molecule has 0 spiro atoms. The zero-order valence-electron chi connectivity index (χ0n) is 19.1. The lowest BCUT2D eigenvalue weighted by molar-refractivity contribution is 0.475. The second-order valence-corrected chi connectivity index (χ2v) is 8.73. The van der Waals surface area contributed by atoms with E-state index in [1.54, 1.807) is 10.6 Å². The summed E-state index contributed by atoms with van der Waals surface area (Å²) >= 11 is 5.91. The Bertz CT molecular complexity index is 1480. The van der Waals surface area contributed by atoms with E-state index < -0.39 is 0 Å². The van der Waals surface area contributed by atoms with Crippen molar-refractivity contribution in [3.05, 3.63) is 86.6 Å². The first-order valence-electron chi connectivity index (χ1n) is 10.7. The number of phenolic OH excluding ortho intramolecular Hbond substituents is 1. The molecule has 0 aliphatic rings. The molecule has 174 valence electrons. The highest BCUT2D eigenvalue weighted by molar-refractivity contribution is 6.32. The third kappa shape index (κ3) is 4.20. The molecule has 0 amide bonds. The number of nitrogens with two attached hydrogens (primary N) is 1. The molecular weight excluding hydrogens is 452 g/mol. The van der Waals surface area contributed by atoms with Crippen LogP contribution < -0.4 is 16.6 Å². The largest absolute Gasteiger partial charge is 0.506 e. The van der Waals surface area contributed by atoms with Crippen LogP contribution in [-0.4, -0.2) is 25.4 Å². The van der Waals surface area contributed by atoms with Crippen molar-refractivity contribution in [3.63, 3.8) is 0 Å². The first-order valence-corrected chi connectivity index (χ1v) is 11.1. The number of aromatic nitrogens is 3. The lowest BCUT2D eigenvalue weighted by atomic mass is 10.0. The van der Waals surface area contributed by atoms with E-state index in [-0.39, 0.29) is 40.4 Å². The molecule has 2 aromatic carbocycles. The van der Waals surface area contributed by atoms with E-state index in [0.29, 0.717) is 22.3 Å². The zero-order chi connectivity index (χ0) is 24.6. The Kier molecular flexibility index (Phi) is 6.26. The molecule has 0 unspecified atom stereocenters. The van der Waals surface area contributed by atoms with Crippen molar-refractivity contribution in [2.24, 2.45) is 0 Å². The molecule has 8 nitrogen and oxygen atoms in total. The number of fused-ring (bicyclic) bond motifs is 1. The van der Waals surface area contributed by atoms with Crippen molar-refractivity contribution in [1.82, 2.24) is 14.5 Å². The number of nitrogen functional groups attached to an aromatic ring is 1. The van der Waals surface area contributed by atoms with Crippen molar-refractivity contribution in [3.8, 4) is 5.75 Å². The Balaban J connectivity index is 1.75. The van der Waals surface area contributed by atoms with E-state index in [2.05, 4.69) is 15.3 Å². The van der Waals surface area contributed by atoms with Crippen LogP contribution in [0.3, 0.4) is 0 Å². The van der Waals surface area contributed by atoms with Gasteiger partial charge in [-0.25, -0.2) is 9.97 Å². The van der Waals surface area contributed by atoms with Gasteiger partial charge in [0.25, 0.3) is 5.56 Å². The maximum absolute atomic E-state index is 13.3. The highest BCUT2D eigenvalue weighted by Crippen LogP contribution is 2.28. The van der Waals surface area contributed by atoms with Gasteiger partial charge in [-0.3, -0.25) is 10.2 Å². The average molecular weight is 477 g/mol. The van der Waals surface area contributed by atoms with Gasteiger partial charge in [0.05, 0.1) is 28.2 Å². The molecule has 4 rings (SSSR count). The van der Waals surface area contributed by atoms with E-state index >= 15 is 0 Å². The van der Waals surface area contributed by atoms with Crippen molar-refractivity contribution in [1.29, 1.82) is 5.41 Å². The van der Waals surface area contributed by atoms with Gasteiger partial charge in [-0.1, -0.05) is 35.9 Å². The number of aromatic hydroxyl groups is 1. The van der Waals surface area contributed by atoms with Crippen molar-refractivity contribution >= 4 is 39.7 Å². The Morgan fingerprint density at radius 2 is 2.00 bits per heavy atom. The molecule has 0 saturated heterocycles. The molecule has 0 bridgehead atoms. The zero-order valence-corrected chi connectivity index (χ0v) is 19.8. The van der Waals surface area contributed by atoms with Crippen molar-refractivity contribution in [2.75, 3.05) is 11.1 Å². The van der Waals surface area contributed by atoms with Gasteiger partial charge < -0.3 is 20.7 Å². The highest BCUT2D eigenvalue weighted by Gasteiger charge is 2.19. The molecule has 34 heavy (non-hydrogen) atoms. The summed E-state index contributed by atoms with van der Waals surface area (Å²) in [5, 5.41) is 23.6. The monoisotopic (exact) mass is 476 g/mol. The van der Waals surface area contributed by atoms with Crippen LogP contribution in [0, 0.1) is 12.3 Å². The number of rotatable bonds is 6.